The molecule has 0 aromatic heterocycles. The Labute approximate surface area is 162 Å². The van der Waals surface area contributed by atoms with Crippen molar-refractivity contribution in [1.29, 1.82) is 0 Å². The first-order valence-corrected chi connectivity index (χ1v) is 9.61. The molecule has 1 fully saturated rings. The lowest BCUT2D eigenvalue weighted by Crippen LogP contribution is -2.42. The van der Waals surface area contributed by atoms with E-state index in [1.165, 1.54) is 18.2 Å². The molecule has 0 N–H and O–H groups in total. The van der Waals surface area contributed by atoms with E-state index in [2.05, 4.69) is 5.16 Å². The second-order valence-corrected chi connectivity index (χ2v) is 7.42. The molecule has 2 aliphatic rings. The van der Waals surface area contributed by atoms with E-state index in [0.717, 1.165) is 19.3 Å². The SMILES string of the molecule is O=C(C1CCC1)N(Cc1ccccc1F)CC1CC(c2cccc(F)c2)=NO1. The third-order valence-corrected chi connectivity index (χ3v) is 5.40. The maximum atomic E-state index is 14.1. The molecule has 1 atom stereocenters. The molecule has 0 radical (unpaired) electrons. The van der Waals surface area contributed by atoms with E-state index in [9.17, 15) is 13.6 Å². The number of halogens is 2. The highest BCUT2D eigenvalue weighted by Gasteiger charge is 2.33. The molecule has 2 aromatic carbocycles. The van der Waals surface area contributed by atoms with Gasteiger partial charge >= 0.3 is 0 Å². The van der Waals surface area contributed by atoms with Crippen LogP contribution in [0.2, 0.25) is 0 Å². The van der Waals surface area contributed by atoms with Crippen molar-refractivity contribution in [2.75, 3.05) is 6.54 Å². The minimum atomic E-state index is -0.329. The molecule has 6 heteroatoms. The van der Waals surface area contributed by atoms with E-state index in [4.69, 9.17) is 4.84 Å². The zero-order valence-electron chi connectivity index (χ0n) is 15.5. The highest BCUT2D eigenvalue weighted by molar-refractivity contribution is 6.01. The molecule has 28 heavy (non-hydrogen) atoms. The highest BCUT2D eigenvalue weighted by Crippen LogP contribution is 2.30. The molecule has 1 amide bonds. The molecular formula is C22H22F2N2O2. The van der Waals surface area contributed by atoms with Crippen molar-refractivity contribution in [3.8, 4) is 0 Å². The van der Waals surface area contributed by atoms with Crippen LogP contribution in [0.25, 0.3) is 0 Å². The second kappa shape index (κ2) is 8.09. The summed E-state index contributed by atoms with van der Waals surface area (Å²) in [6.07, 6.45) is 2.96. The van der Waals surface area contributed by atoms with Crippen LogP contribution in [-0.4, -0.2) is 29.2 Å². The summed E-state index contributed by atoms with van der Waals surface area (Å²) in [5.41, 5.74) is 1.82. The fraction of sp³-hybridized carbons (Fsp3) is 0.364. The highest BCUT2D eigenvalue weighted by atomic mass is 19.1. The maximum Gasteiger partial charge on any atom is 0.226 e. The van der Waals surface area contributed by atoms with Gasteiger partial charge in [-0.15, -0.1) is 0 Å². The number of oxime groups is 1. The summed E-state index contributed by atoms with van der Waals surface area (Å²) in [4.78, 5) is 20.1. The number of carbonyl (C=O) groups excluding carboxylic acids is 1. The van der Waals surface area contributed by atoms with Crippen LogP contribution in [0.1, 0.15) is 36.8 Å². The minimum absolute atomic E-state index is 0.0109. The van der Waals surface area contributed by atoms with E-state index in [1.54, 1.807) is 35.2 Å². The average molecular weight is 384 g/mol. The van der Waals surface area contributed by atoms with Gasteiger partial charge in [0.15, 0.2) is 6.10 Å². The van der Waals surface area contributed by atoms with Crippen LogP contribution in [0.5, 0.6) is 0 Å². The quantitative estimate of drug-likeness (QED) is 0.746. The number of benzene rings is 2. The fourth-order valence-corrected chi connectivity index (χ4v) is 3.59. The summed E-state index contributed by atoms with van der Waals surface area (Å²) >= 11 is 0. The van der Waals surface area contributed by atoms with Crippen LogP contribution < -0.4 is 0 Å². The van der Waals surface area contributed by atoms with Gasteiger partial charge in [0.2, 0.25) is 5.91 Å². The number of hydrogen-bond donors (Lipinski definition) is 0. The number of hydrogen-bond acceptors (Lipinski definition) is 3. The third-order valence-electron chi connectivity index (χ3n) is 5.40. The predicted octanol–water partition coefficient (Wildman–Crippen LogP) is 4.29. The van der Waals surface area contributed by atoms with Crippen molar-refractivity contribution < 1.29 is 18.4 Å². The molecule has 2 aromatic rings. The largest absolute Gasteiger partial charge is 0.390 e. The number of amides is 1. The van der Waals surface area contributed by atoms with Crippen molar-refractivity contribution in [2.24, 2.45) is 11.1 Å². The lowest BCUT2D eigenvalue weighted by molar-refractivity contribution is -0.140. The van der Waals surface area contributed by atoms with Crippen molar-refractivity contribution in [2.45, 2.75) is 38.3 Å². The standard InChI is InChI=1S/C22H22F2N2O2/c23-18-9-4-8-16(11-18)21-12-19(28-25-21)14-26(22(27)15-6-3-7-15)13-17-5-1-2-10-20(17)24/h1-2,4-5,8-11,15,19H,3,6-7,12-14H2. The Morgan fingerprint density at radius 3 is 2.68 bits per heavy atom. The van der Waals surface area contributed by atoms with Crippen LogP contribution >= 0.6 is 0 Å². The van der Waals surface area contributed by atoms with Gasteiger partial charge in [0, 0.05) is 30.0 Å². The molecule has 4 rings (SSSR count). The Balaban J connectivity index is 1.45. The number of carbonyl (C=O) groups is 1. The van der Waals surface area contributed by atoms with Gasteiger partial charge in [-0.1, -0.05) is 41.9 Å². The van der Waals surface area contributed by atoms with E-state index >= 15 is 0 Å². The molecule has 1 heterocycles. The van der Waals surface area contributed by atoms with Gasteiger partial charge in [0.05, 0.1) is 12.3 Å². The van der Waals surface area contributed by atoms with Gasteiger partial charge in [-0.05, 0) is 31.0 Å². The van der Waals surface area contributed by atoms with Crippen LogP contribution in [0.3, 0.4) is 0 Å². The van der Waals surface area contributed by atoms with Gasteiger partial charge in [-0.25, -0.2) is 8.78 Å². The lowest BCUT2D eigenvalue weighted by Gasteiger charge is -2.32. The molecular weight excluding hydrogens is 362 g/mol. The summed E-state index contributed by atoms with van der Waals surface area (Å²) in [7, 11) is 0. The molecule has 0 bridgehead atoms. The molecule has 1 aliphatic carbocycles. The van der Waals surface area contributed by atoms with E-state index in [1.807, 2.05) is 0 Å². The summed E-state index contributed by atoms with van der Waals surface area (Å²) in [6, 6.07) is 12.7. The van der Waals surface area contributed by atoms with Gasteiger partial charge in [-0.2, -0.15) is 0 Å². The van der Waals surface area contributed by atoms with Crippen molar-refractivity contribution in [3.05, 3.63) is 71.3 Å². The first-order valence-electron chi connectivity index (χ1n) is 9.61. The third kappa shape index (κ3) is 4.06. The van der Waals surface area contributed by atoms with Crippen molar-refractivity contribution in [3.63, 3.8) is 0 Å². The molecule has 1 unspecified atom stereocenters. The molecule has 0 spiro atoms. The number of nitrogens with zero attached hydrogens (tertiary/aromatic N) is 2. The molecule has 1 aliphatic heterocycles. The van der Waals surface area contributed by atoms with Crippen LogP contribution in [0.4, 0.5) is 8.78 Å². The number of rotatable bonds is 6. The smallest absolute Gasteiger partial charge is 0.226 e. The topological polar surface area (TPSA) is 41.9 Å². The van der Waals surface area contributed by atoms with E-state index < -0.39 is 0 Å². The Morgan fingerprint density at radius 2 is 1.96 bits per heavy atom. The first kappa shape index (κ1) is 18.6. The minimum Gasteiger partial charge on any atom is -0.390 e. The molecule has 4 nitrogen and oxygen atoms in total. The average Bonchev–Trinajstić information content (AvgIpc) is 3.10. The molecule has 146 valence electrons. The predicted molar refractivity (Wildman–Crippen MR) is 102 cm³/mol. The van der Waals surface area contributed by atoms with Crippen molar-refractivity contribution >= 4 is 11.6 Å². The molecule has 1 saturated carbocycles. The van der Waals surface area contributed by atoms with Crippen LogP contribution in [0, 0.1) is 17.6 Å². The Morgan fingerprint density at radius 1 is 1.14 bits per heavy atom. The summed E-state index contributed by atoms with van der Waals surface area (Å²) in [5.74, 6) is -0.600. The summed E-state index contributed by atoms with van der Waals surface area (Å²) in [5, 5.41) is 4.08. The summed E-state index contributed by atoms with van der Waals surface area (Å²) in [6.45, 7) is 0.531. The fourth-order valence-electron chi connectivity index (χ4n) is 3.59. The normalized spacial score (nSPS) is 18.9. The Bertz CT molecular complexity index is 896. The summed E-state index contributed by atoms with van der Waals surface area (Å²) < 4.78 is 27.6. The second-order valence-electron chi connectivity index (χ2n) is 7.42. The Kier molecular flexibility index (Phi) is 5.37. The van der Waals surface area contributed by atoms with Gasteiger partial charge in [0.25, 0.3) is 0 Å². The maximum absolute atomic E-state index is 14.1. The monoisotopic (exact) mass is 384 g/mol. The van der Waals surface area contributed by atoms with E-state index in [-0.39, 0.29) is 36.1 Å². The Hall–Kier alpha value is -2.76. The van der Waals surface area contributed by atoms with Crippen molar-refractivity contribution in [1.82, 2.24) is 4.90 Å². The van der Waals surface area contributed by atoms with E-state index in [0.29, 0.717) is 29.8 Å². The van der Waals surface area contributed by atoms with Gasteiger partial charge < -0.3 is 9.74 Å². The van der Waals surface area contributed by atoms with Crippen LogP contribution in [-0.2, 0) is 16.2 Å². The first-order chi connectivity index (χ1) is 13.6. The van der Waals surface area contributed by atoms with Gasteiger partial charge in [-0.3, -0.25) is 4.79 Å². The van der Waals surface area contributed by atoms with Crippen LogP contribution in [0.15, 0.2) is 53.7 Å². The van der Waals surface area contributed by atoms with Gasteiger partial charge in [0.1, 0.15) is 11.6 Å². The molecule has 0 saturated heterocycles. The zero-order valence-corrected chi connectivity index (χ0v) is 15.5. The zero-order chi connectivity index (χ0) is 19.5. The lowest BCUT2D eigenvalue weighted by atomic mass is 9.84.